The van der Waals surface area contributed by atoms with Crippen LogP contribution in [0.4, 0.5) is 4.79 Å². The Hall–Kier alpha value is -0.810. The summed E-state index contributed by atoms with van der Waals surface area (Å²) in [5.74, 6) is 0. The van der Waals surface area contributed by atoms with Crippen LogP contribution in [0.25, 0.3) is 0 Å². The molecular weight excluding hydrogens is 220 g/mol. The zero-order valence-corrected chi connectivity index (χ0v) is 10.5. The van der Waals surface area contributed by atoms with Crippen molar-refractivity contribution >= 4 is 6.03 Å². The topological polar surface area (TPSA) is 59.6 Å². The predicted octanol–water partition coefficient (Wildman–Crippen LogP) is 0.891. The van der Waals surface area contributed by atoms with Gasteiger partial charge in [0.25, 0.3) is 0 Å². The van der Waals surface area contributed by atoms with Gasteiger partial charge in [-0.3, -0.25) is 0 Å². The summed E-state index contributed by atoms with van der Waals surface area (Å²) in [4.78, 5) is 11.6. The lowest BCUT2D eigenvalue weighted by atomic mass is 9.60. The molecule has 1 atom stereocenters. The summed E-state index contributed by atoms with van der Waals surface area (Å²) in [5.41, 5.74) is 0.316. The maximum atomic E-state index is 11.6. The van der Waals surface area contributed by atoms with Crippen LogP contribution >= 0.6 is 0 Å². The molecule has 2 rings (SSSR count). The fourth-order valence-corrected chi connectivity index (χ4v) is 2.77. The van der Waals surface area contributed by atoms with Crippen LogP contribution in [0.5, 0.6) is 0 Å². The number of carbonyl (C=O) groups is 1. The molecular formula is C12H22N2O3. The first-order valence-electron chi connectivity index (χ1n) is 6.38. The average molecular weight is 242 g/mol. The zero-order chi connectivity index (χ0) is 12.1. The van der Waals surface area contributed by atoms with E-state index in [0.29, 0.717) is 24.6 Å². The van der Waals surface area contributed by atoms with E-state index in [1.807, 2.05) is 0 Å². The van der Waals surface area contributed by atoms with Gasteiger partial charge in [0.2, 0.25) is 0 Å². The van der Waals surface area contributed by atoms with Gasteiger partial charge in [-0.05, 0) is 31.1 Å². The van der Waals surface area contributed by atoms with Crippen LogP contribution in [0.2, 0.25) is 0 Å². The van der Waals surface area contributed by atoms with Crippen molar-refractivity contribution in [2.45, 2.75) is 31.7 Å². The minimum Gasteiger partial charge on any atom is -0.383 e. The summed E-state index contributed by atoms with van der Waals surface area (Å²) < 4.78 is 10.3. The number of methoxy groups -OCH3 is 1. The van der Waals surface area contributed by atoms with E-state index in [4.69, 9.17) is 9.47 Å². The lowest BCUT2D eigenvalue weighted by Crippen LogP contribution is -2.59. The van der Waals surface area contributed by atoms with Crippen molar-refractivity contribution in [1.29, 1.82) is 0 Å². The van der Waals surface area contributed by atoms with Crippen LogP contribution in [0.3, 0.4) is 0 Å². The number of carbonyl (C=O) groups excluding carboxylic acids is 1. The van der Waals surface area contributed by atoms with Crippen LogP contribution in [-0.4, -0.2) is 45.5 Å². The van der Waals surface area contributed by atoms with Gasteiger partial charge >= 0.3 is 6.03 Å². The van der Waals surface area contributed by atoms with Crippen LogP contribution in [-0.2, 0) is 9.47 Å². The number of nitrogens with one attached hydrogen (secondary N) is 2. The van der Waals surface area contributed by atoms with Gasteiger partial charge in [-0.25, -0.2) is 4.79 Å². The van der Waals surface area contributed by atoms with Crippen molar-refractivity contribution in [3.8, 4) is 0 Å². The van der Waals surface area contributed by atoms with Gasteiger partial charge in [-0.2, -0.15) is 0 Å². The Morgan fingerprint density at radius 1 is 1.41 bits per heavy atom. The highest BCUT2D eigenvalue weighted by Crippen LogP contribution is 2.48. The van der Waals surface area contributed by atoms with Gasteiger partial charge < -0.3 is 20.1 Å². The van der Waals surface area contributed by atoms with Crippen LogP contribution in [0.15, 0.2) is 0 Å². The van der Waals surface area contributed by atoms with Gasteiger partial charge in [-0.15, -0.1) is 0 Å². The van der Waals surface area contributed by atoms with Gasteiger partial charge in [0.05, 0.1) is 6.61 Å². The lowest BCUT2D eigenvalue weighted by Gasteiger charge is -2.51. The van der Waals surface area contributed by atoms with Crippen molar-refractivity contribution in [2.75, 3.05) is 33.5 Å². The second-order valence-corrected chi connectivity index (χ2v) is 4.96. The molecule has 1 heterocycles. The van der Waals surface area contributed by atoms with Crippen molar-refractivity contribution in [1.82, 2.24) is 10.6 Å². The molecule has 17 heavy (non-hydrogen) atoms. The molecule has 2 aliphatic rings. The van der Waals surface area contributed by atoms with Gasteiger partial charge in [0.15, 0.2) is 0 Å². The van der Waals surface area contributed by atoms with E-state index in [1.54, 1.807) is 7.11 Å². The molecule has 0 aromatic rings. The summed E-state index contributed by atoms with van der Waals surface area (Å²) in [6.45, 7) is 2.79. The van der Waals surface area contributed by atoms with Gasteiger partial charge in [0, 0.05) is 32.9 Å². The fourth-order valence-electron chi connectivity index (χ4n) is 2.77. The highest BCUT2D eigenvalue weighted by atomic mass is 16.5. The number of hydrogen-bond acceptors (Lipinski definition) is 3. The second-order valence-electron chi connectivity index (χ2n) is 4.96. The Morgan fingerprint density at radius 2 is 2.18 bits per heavy atom. The Kier molecular flexibility index (Phi) is 4.23. The largest absolute Gasteiger partial charge is 0.383 e. The smallest absolute Gasteiger partial charge is 0.315 e. The second kappa shape index (κ2) is 5.69. The van der Waals surface area contributed by atoms with E-state index in [2.05, 4.69) is 10.6 Å². The molecule has 0 aromatic heterocycles. The van der Waals surface area contributed by atoms with Gasteiger partial charge in [0.1, 0.15) is 0 Å². The van der Waals surface area contributed by atoms with Crippen LogP contribution in [0, 0.1) is 5.41 Å². The first-order valence-corrected chi connectivity index (χ1v) is 6.38. The maximum Gasteiger partial charge on any atom is 0.315 e. The molecule has 5 nitrogen and oxygen atoms in total. The van der Waals surface area contributed by atoms with Crippen molar-refractivity contribution in [2.24, 2.45) is 5.41 Å². The Morgan fingerprint density at radius 3 is 2.76 bits per heavy atom. The molecule has 0 bridgehead atoms. The standard InChI is InChI=1S/C12H22N2O3/c1-16-9-6-13-11(15)14-10-2-3-12(10)4-7-17-8-5-12/h10H,2-9H2,1H3,(H2,13,14,15). The van der Waals surface area contributed by atoms with Crippen LogP contribution < -0.4 is 10.6 Å². The minimum absolute atomic E-state index is 0.0717. The molecule has 1 spiro atoms. The first kappa shape index (κ1) is 12.6. The molecule has 2 N–H and O–H groups in total. The Labute approximate surface area is 102 Å². The average Bonchev–Trinajstić information content (AvgIpc) is 2.36. The van der Waals surface area contributed by atoms with E-state index in [1.165, 1.54) is 6.42 Å². The highest BCUT2D eigenvalue weighted by molar-refractivity contribution is 5.74. The normalized spacial score (nSPS) is 26.3. The number of hydrogen-bond donors (Lipinski definition) is 2. The Bertz CT molecular complexity index is 264. The highest BCUT2D eigenvalue weighted by Gasteiger charge is 2.47. The number of amides is 2. The summed E-state index contributed by atoms with van der Waals surface area (Å²) in [6.07, 6.45) is 4.48. The molecule has 0 radical (unpaired) electrons. The summed E-state index contributed by atoms with van der Waals surface area (Å²) >= 11 is 0. The molecule has 1 aliphatic carbocycles. The molecule has 1 saturated heterocycles. The lowest BCUT2D eigenvalue weighted by molar-refractivity contribution is -0.0511. The van der Waals surface area contributed by atoms with E-state index >= 15 is 0 Å². The molecule has 1 aliphatic heterocycles. The maximum absolute atomic E-state index is 11.6. The SMILES string of the molecule is COCCNC(=O)NC1CCC12CCOCC2. The number of rotatable bonds is 4. The van der Waals surface area contributed by atoms with E-state index < -0.39 is 0 Å². The summed E-state index contributed by atoms with van der Waals surface area (Å²) in [5, 5.41) is 5.87. The molecule has 1 unspecified atom stereocenters. The molecule has 2 amide bonds. The summed E-state index contributed by atoms with van der Waals surface area (Å²) in [7, 11) is 1.63. The molecule has 0 aromatic carbocycles. The monoisotopic (exact) mass is 242 g/mol. The summed E-state index contributed by atoms with van der Waals surface area (Å²) in [6, 6.07) is 0.256. The van der Waals surface area contributed by atoms with Crippen molar-refractivity contribution in [3.05, 3.63) is 0 Å². The number of urea groups is 1. The fraction of sp³-hybridized carbons (Fsp3) is 0.917. The quantitative estimate of drug-likeness (QED) is 0.720. The molecule has 98 valence electrons. The number of ether oxygens (including phenoxy) is 2. The zero-order valence-electron chi connectivity index (χ0n) is 10.5. The van der Waals surface area contributed by atoms with E-state index in [0.717, 1.165) is 32.5 Å². The molecule has 1 saturated carbocycles. The van der Waals surface area contributed by atoms with Crippen LogP contribution in [0.1, 0.15) is 25.7 Å². The Balaban J connectivity index is 1.73. The molecule has 2 fully saturated rings. The third-order valence-corrected chi connectivity index (χ3v) is 4.06. The van der Waals surface area contributed by atoms with E-state index in [9.17, 15) is 4.79 Å². The third kappa shape index (κ3) is 2.90. The molecule has 5 heteroatoms. The predicted molar refractivity (Wildman–Crippen MR) is 63.9 cm³/mol. The minimum atomic E-state index is -0.0717. The van der Waals surface area contributed by atoms with E-state index in [-0.39, 0.29) is 6.03 Å². The third-order valence-electron chi connectivity index (χ3n) is 4.06. The van der Waals surface area contributed by atoms with Crippen molar-refractivity contribution < 1.29 is 14.3 Å². The van der Waals surface area contributed by atoms with Crippen molar-refractivity contribution in [3.63, 3.8) is 0 Å². The van der Waals surface area contributed by atoms with Gasteiger partial charge in [-0.1, -0.05) is 0 Å². The first-order chi connectivity index (χ1) is 8.27.